The highest BCUT2D eigenvalue weighted by atomic mass is 35.5. The van der Waals surface area contributed by atoms with Crippen molar-refractivity contribution in [2.24, 2.45) is 5.73 Å². The van der Waals surface area contributed by atoms with Gasteiger partial charge in [0.25, 0.3) is 0 Å². The fraction of sp³-hybridized carbons (Fsp3) is 0.385. The van der Waals surface area contributed by atoms with Gasteiger partial charge in [0.1, 0.15) is 0 Å². The normalized spacial score (nSPS) is 17.4. The summed E-state index contributed by atoms with van der Waals surface area (Å²) in [6.45, 7) is 0.553. The Bertz CT molecular complexity index is 557. The van der Waals surface area contributed by atoms with Gasteiger partial charge in [0.15, 0.2) is 0 Å². The topological polar surface area (TPSA) is 64.9 Å². The maximum absolute atomic E-state index is 6.12. The van der Waals surface area contributed by atoms with Crippen molar-refractivity contribution in [3.05, 3.63) is 35.2 Å². The number of rotatable bonds is 3. The zero-order chi connectivity index (χ0) is 12.6. The highest BCUT2D eigenvalue weighted by Crippen LogP contribution is 2.42. The molecule has 0 atom stereocenters. The first-order valence-corrected chi connectivity index (χ1v) is 6.42. The highest BCUT2D eigenvalue weighted by molar-refractivity contribution is 6.33. The molecule has 2 N–H and O–H groups in total. The van der Waals surface area contributed by atoms with Crippen molar-refractivity contribution in [3.63, 3.8) is 0 Å². The molecular weight excluding hydrogens is 250 g/mol. The van der Waals surface area contributed by atoms with Crippen molar-refractivity contribution < 1.29 is 4.52 Å². The van der Waals surface area contributed by atoms with E-state index in [1.54, 1.807) is 0 Å². The standard InChI is InChI=1S/C13H14ClN3O/c14-10-5-2-1-4-9(10)11-16-12(18-17-11)13(8-15)6-3-7-13/h1-2,4-5H,3,6-8,15H2. The van der Waals surface area contributed by atoms with Crippen molar-refractivity contribution in [1.82, 2.24) is 10.1 Å². The minimum atomic E-state index is -0.105. The molecule has 1 heterocycles. The third kappa shape index (κ3) is 1.72. The van der Waals surface area contributed by atoms with Crippen LogP contribution in [-0.2, 0) is 5.41 Å². The Kier molecular flexibility index (Phi) is 2.84. The van der Waals surface area contributed by atoms with E-state index in [4.69, 9.17) is 21.9 Å². The second-order valence-electron chi connectivity index (χ2n) is 4.74. The van der Waals surface area contributed by atoms with Crippen LogP contribution in [0.2, 0.25) is 5.02 Å². The Labute approximate surface area is 110 Å². The maximum atomic E-state index is 6.12. The molecule has 1 aliphatic carbocycles. The lowest BCUT2D eigenvalue weighted by atomic mass is 9.69. The molecule has 0 bridgehead atoms. The third-order valence-corrected chi connectivity index (χ3v) is 4.03. The fourth-order valence-electron chi connectivity index (χ4n) is 2.30. The number of benzene rings is 1. The summed E-state index contributed by atoms with van der Waals surface area (Å²) in [6.07, 6.45) is 3.21. The number of nitrogens with zero attached hydrogens (tertiary/aromatic N) is 2. The molecule has 0 amide bonds. The van der Waals surface area contributed by atoms with Crippen LogP contribution in [0.5, 0.6) is 0 Å². The molecule has 0 aliphatic heterocycles. The van der Waals surface area contributed by atoms with E-state index < -0.39 is 0 Å². The van der Waals surface area contributed by atoms with Crippen LogP contribution in [-0.4, -0.2) is 16.7 Å². The van der Waals surface area contributed by atoms with Gasteiger partial charge in [-0.15, -0.1) is 0 Å². The average molecular weight is 264 g/mol. The van der Waals surface area contributed by atoms with Gasteiger partial charge in [0.05, 0.1) is 10.4 Å². The van der Waals surface area contributed by atoms with E-state index in [-0.39, 0.29) is 5.41 Å². The summed E-state index contributed by atoms with van der Waals surface area (Å²) < 4.78 is 5.37. The quantitative estimate of drug-likeness (QED) is 0.925. The summed E-state index contributed by atoms with van der Waals surface area (Å²) in [4.78, 5) is 4.46. The van der Waals surface area contributed by atoms with E-state index in [0.29, 0.717) is 23.3 Å². The molecule has 1 aliphatic rings. The van der Waals surface area contributed by atoms with Gasteiger partial charge in [-0.3, -0.25) is 0 Å². The number of hydrogen-bond acceptors (Lipinski definition) is 4. The van der Waals surface area contributed by atoms with Gasteiger partial charge in [0.2, 0.25) is 11.7 Å². The lowest BCUT2D eigenvalue weighted by Gasteiger charge is -2.36. The van der Waals surface area contributed by atoms with Crippen LogP contribution in [0, 0.1) is 0 Å². The van der Waals surface area contributed by atoms with E-state index >= 15 is 0 Å². The zero-order valence-electron chi connectivity index (χ0n) is 9.90. The van der Waals surface area contributed by atoms with E-state index in [9.17, 15) is 0 Å². The van der Waals surface area contributed by atoms with Crippen molar-refractivity contribution >= 4 is 11.6 Å². The predicted molar refractivity (Wildman–Crippen MR) is 69.3 cm³/mol. The molecule has 94 valence electrons. The lowest BCUT2D eigenvalue weighted by Crippen LogP contribution is -2.41. The Morgan fingerprint density at radius 3 is 2.72 bits per heavy atom. The molecule has 4 nitrogen and oxygen atoms in total. The van der Waals surface area contributed by atoms with Crippen LogP contribution < -0.4 is 5.73 Å². The monoisotopic (exact) mass is 263 g/mol. The van der Waals surface area contributed by atoms with Gasteiger partial charge < -0.3 is 10.3 Å². The average Bonchev–Trinajstić information content (AvgIpc) is 2.79. The number of aromatic nitrogens is 2. The molecule has 5 heteroatoms. The molecule has 0 unspecified atom stereocenters. The Morgan fingerprint density at radius 2 is 2.11 bits per heavy atom. The number of halogens is 1. The van der Waals surface area contributed by atoms with Crippen LogP contribution in [0.25, 0.3) is 11.4 Å². The summed E-state index contributed by atoms with van der Waals surface area (Å²) in [7, 11) is 0. The van der Waals surface area contributed by atoms with E-state index in [2.05, 4.69) is 10.1 Å². The Balaban J connectivity index is 1.97. The molecule has 0 radical (unpaired) electrons. The minimum absolute atomic E-state index is 0.105. The summed E-state index contributed by atoms with van der Waals surface area (Å²) in [5, 5.41) is 4.64. The van der Waals surface area contributed by atoms with Crippen LogP contribution in [0.1, 0.15) is 25.2 Å². The summed E-state index contributed by atoms with van der Waals surface area (Å²) >= 11 is 6.12. The second-order valence-corrected chi connectivity index (χ2v) is 5.15. The van der Waals surface area contributed by atoms with Crippen molar-refractivity contribution in [3.8, 4) is 11.4 Å². The van der Waals surface area contributed by atoms with E-state index in [1.807, 2.05) is 24.3 Å². The molecule has 0 saturated heterocycles. The molecule has 1 aromatic carbocycles. The molecular formula is C13H14ClN3O. The first-order chi connectivity index (χ1) is 8.75. The molecule has 2 aromatic rings. The second kappa shape index (κ2) is 4.37. The largest absolute Gasteiger partial charge is 0.338 e. The highest BCUT2D eigenvalue weighted by Gasteiger charge is 2.42. The summed E-state index contributed by atoms with van der Waals surface area (Å²) in [5.74, 6) is 1.18. The summed E-state index contributed by atoms with van der Waals surface area (Å²) in [5.41, 5.74) is 6.51. The fourth-order valence-corrected chi connectivity index (χ4v) is 2.52. The van der Waals surface area contributed by atoms with Crippen LogP contribution in [0.15, 0.2) is 28.8 Å². The Hall–Kier alpha value is -1.39. The SMILES string of the molecule is NCC1(c2nc(-c3ccccc3Cl)no2)CCC1. The predicted octanol–water partition coefficient (Wildman–Crippen LogP) is 2.77. The Morgan fingerprint density at radius 1 is 1.33 bits per heavy atom. The maximum Gasteiger partial charge on any atom is 0.234 e. The molecule has 0 spiro atoms. The van der Waals surface area contributed by atoms with Crippen molar-refractivity contribution in [2.45, 2.75) is 24.7 Å². The molecule has 18 heavy (non-hydrogen) atoms. The van der Waals surface area contributed by atoms with Crippen molar-refractivity contribution in [1.29, 1.82) is 0 Å². The van der Waals surface area contributed by atoms with E-state index in [0.717, 1.165) is 18.4 Å². The lowest BCUT2D eigenvalue weighted by molar-refractivity contribution is 0.182. The van der Waals surface area contributed by atoms with Crippen LogP contribution in [0.3, 0.4) is 0 Å². The van der Waals surface area contributed by atoms with Gasteiger partial charge >= 0.3 is 0 Å². The number of hydrogen-bond donors (Lipinski definition) is 1. The zero-order valence-corrected chi connectivity index (χ0v) is 10.7. The van der Waals surface area contributed by atoms with E-state index in [1.165, 1.54) is 6.42 Å². The third-order valence-electron chi connectivity index (χ3n) is 3.70. The van der Waals surface area contributed by atoms with Gasteiger partial charge in [-0.2, -0.15) is 4.98 Å². The molecule has 1 aromatic heterocycles. The van der Waals surface area contributed by atoms with Crippen LogP contribution >= 0.6 is 11.6 Å². The minimum Gasteiger partial charge on any atom is -0.338 e. The van der Waals surface area contributed by atoms with Crippen LogP contribution in [0.4, 0.5) is 0 Å². The van der Waals surface area contributed by atoms with Gasteiger partial charge in [-0.1, -0.05) is 35.3 Å². The smallest absolute Gasteiger partial charge is 0.234 e. The summed E-state index contributed by atoms with van der Waals surface area (Å²) in [6, 6.07) is 7.47. The van der Waals surface area contributed by atoms with Gasteiger partial charge in [-0.05, 0) is 25.0 Å². The first-order valence-electron chi connectivity index (χ1n) is 6.04. The van der Waals surface area contributed by atoms with Gasteiger partial charge in [0, 0.05) is 12.1 Å². The number of nitrogens with two attached hydrogens (primary N) is 1. The molecule has 3 rings (SSSR count). The molecule has 1 fully saturated rings. The molecule has 1 saturated carbocycles. The first kappa shape index (κ1) is 11.7. The van der Waals surface area contributed by atoms with Gasteiger partial charge in [-0.25, -0.2) is 0 Å². The van der Waals surface area contributed by atoms with Crippen molar-refractivity contribution in [2.75, 3.05) is 6.54 Å².